The van der Waals surface area contributed by atoms with Gasteiger partial charge in [0.2, 0.25) is 0 Å². The van der Waals surface area contributed by atoms with E-state index in [1.165, 1.54) is 12.0 Å². The van der Waals surface area contributed by atoms with Crippen LogP contribution in [0.1, 0.15) is 29.7 Å². The lowest BCUT2D eigenvalue weighted by Crippen LogP contribution is -2.32. The fourth-order valence-corrected chi connectivity index (χ4v) is 4.25. The van der Waals surface area contributed by atoms with Crippen LogP contribution in [0.2, 0.25) is 5.02 Å². The topological polar surface area (TPSA) is 76.1 Å². The number of rotatable bonds is 5. The molecule has 2 aliphatic heterocycles. The van der Waals surface area contributed by atoms with Gasteiger partial charge in [-0.15, -0.1) is 0 Å². The lowest BCUT2D eigenvalue weighted by Gasteiger charge is -2.25. The molecule has 6 nitrogen and oxygen atoms in total. The molecule has 0 saturated carbocycles. The van der Waals surface area contributed by atoms with Crippen LogP contribution in [0.5, 0.6) is 5.75 Å². The molecule has 2 unspecified atom stereocenters. The predicted molar refractivity (Wildman–Crippen MR) is 113 cm³/mol. The number of hydrogen-bond acceptors (Lipinski definition) is 5. The van der Waals surface area contributed by atoms with Crippen LogP contribution in [0.25, 0.3) is 5.76 Å². The summed E-state index contributed by atoms with van der Waals surface area (Å²) in [5.41, 5.74) is 2.13. The number of carbonyl (C=O) groups is 2. The van der Waals surface area contributed by atoms with Crippen molar-refractivity contribution in [3.63, 3.8) is 0 Å². The molecule has 0 bridgehead atoms. The number of Topliss-reactive ketones (excluding diaryl/α,β-unsaturated/α-hetero) is 1. The fraction of sp³-hybridized carbons (Fsp3) is 0.304. The first-order chi connectivity index (χ1) is 14.4. The minimum Gasteiger partial charge on any atom is -0.507 e. The van der Waals surface area contributed by atoms with Crippen molar-refractivity contribution in [1.29, 1.82) is 0 Å². The van der Waals surface area contributed by atoms with Gasteiger partial charge in [-0.1, -0.05) is 23.7 Å². The summed E-state index contributed by atoms with van der Waals surface area (Å²) in [6, 6.07) is 11.5. The largest absolute Gasteiger partial charge is 0.507 e. The molecule has 2 aromatic carbocycles. The number of aliphatic hydroxyl groups is 1. The number of benzene rings is 2. The van der Waals surface area contributed by atoms with Crippen molar-refractivity contribution in [1.82, 2.24) is 4.90 Å². The monoisotopic (exact) mass is 427 g/mol. The van der Waals surface area contributed by atoms with Gasteiger partial charge in [-0.05, 0) is 48.4 Å². The van der Waals surface area contributed by atoms with E-state index in [2.05, 4.69) is 0 Å². The molecule has 2 aliphatic rings. The van der Waals surface area contributed by atoms with Crippen LogP contribution in [-0.4, -0.2) is 48.1 Å². The van der Waals surface area contributed by atoms with E-state index in [1.807, 2.05) is 13.0 Å². The first-order valence-corrected chi connectivity index (χ1v) is 10.1. The highest BCUT2D eigenvalue weighted by atomic mass is 35.5. The van der Waals surface area contributed by atoms with E-state index in [0.717, 1.165) is 17.7 Å². The summed E-state index contributed by atoms with van der Waals surface area (Å²) in [5, 5.41) is 11.6. The summed E-state index contributed by atoms with van der Waals surface area (Å²) in [6.45, 7) is 2.45. The van der Waals surface area contributed by atoms with Gasteiger partial charge in [0.05, 0.1) is 18.2 Å². The highest BCUT2D eigenvalue weighted by Crippen LogP contribution is 2.40. The van der Waals surface area contributed by atoms with Gasteiger partial charge in [0.15, 0.2) is 0 Å². The Morgan fingerprint density at radius 1 is 1.27 bits per heavy atom. The smallest absolute Gasteiger partial charge is 0.295 e. The average Bonchev–Trinajstić information content (AvgIpc) is 3.22. The molecule has 0 radical (unpaired) electrons. The molecule has 0 aromatic heterocycles. The van der Waals surface area contributed by atoms with Gasteiger partial charge in [0, 0.05) is 30.7 Å². The number of amides is 1. The number of carbonyl (C=O) groups excluding carboxylic acids is 2. The average molecular weight is 428 g/mol. The second-order valence-electron chi connectivity index (χ2n) is 7.50. The van der Waals surface area contributed by atoms with E-state index >= 15 is 0 Å². The van der Waals surface area contributed by atoms with Crippen molar-refractivity contribution in [3.05, 3.63) is 69.8 Å². The first kappa shape index (κ1) is 20.4. The number of aliphatic hydroxyl groups excluding tert-OH is 1. The van der Waals surface area contributed by atoms with Crippen molar-refractivity contribution in [2.45, 2.75) is 25.5 Å². The maximum Gasteiger partial charge on any atom is 0.295 e. The van der Waals surface area contributed by atoms with Gasteiger partial charge in [-0.2, -0.15) is 0 Å². The summed E-state index contributed by atoms with van der Waals surface area (Å²) in [4.78, 5) is 27.1. The van der Waals surface area contributed by atoms with Crippen LogP contribution in [0.15, 0.2) is 48.0 Å². The van der Waals surface area contributed by atoms with Crippen LogP contribution >= 0.6 is 11.6 Å². The Balaban J connectivity index is 1.83. The van der Waals surface area contributed by atoms with Gasteiger partial charge >= 0.3 is 0 Å². The minimum atomic E-state index is -0.748. The Morgan fingerprint density at radius 3 is 2.80 bits per heavy atom. The van der Waals surface area contributed by atoms with Crippen molar-refractivity contribution in [2.24, 2.45) is 0 Å². The SMILES string of the molecule is COCCN1C(=O)C(=O)/C(=C(\O)c2ccc3c(c2)CC(C)O3)C1c1cccc(Cl)c1. The van der Waals surface area contributed by atoms with Crippen molar-refractivity contribution >= 4 is 29.1 Å². The van der Waals surface area contributed by atoms with Gasteiger partial charge in [-0.3, -0.25) is 9.59 Å². The lowest BCUT2D eigenvalue weighted by atomic mass is 9.94. The Bertz CT molecular complexity index is 1050. The van der Waals surface area contributed by atoms with E-state index in [9.17, 15) is 14.7 Å². The number of methoxy groups -OCH3 is 1. The molecule has 1 fully saturated rings. The van der Waals surface area contributed by atoms with E-state index in [-0.39, 0.29) is 30.6 Å². The Kier molecular flexibility index (Phi) is 5.54. The number of fused-ring (bicyclic) bond motifs is 1. The Hall–Kier alpha value is -2.83. The summed E-state index contributed by atoms with van der Waals surface area (Å²) in [5.74, 6) is -0.832. The van der Waals surface area contributed by atoms with Gasteiger partial charge in [-0.25, -0.2) is 0 Å². The molecule has 0 spiro atoms. The van der Waals surface area contributed by atoms with E-state index < -0.39 is 17.7 Å². The number of nitrogens with zero attached hydrogens (tertiary/aromatic N) is 1. The third-order valence-electron chi connectivity index (χ3n) is 5.41. The fourth-order valence-electron chi connectivity index (χ4n) is 4.05. The predicted octanol–water partition coefficient (Wildman–Crippen LogP) is 3.73. The molecule has 1 amide bonds. The summed E-state index contributed by atoms with van der Waals surface area (Å²) in [7, 11) is 1.53. The second-order valence-corrected chi connectivity index (χ2v) is 7.93. The van der Waals surface area contributed by atoms with Gasteiger partial charge in [0.1, 0.15) is 17.6 Å². The molecule has 4 rings (SSSR count). The molecular weight excluding hydrogens is 406 g/mol. The van der Waals surface area contributed by atoms with Crippen molar-refractivity contribution in [3.8, 4) is 5.75 Å². The van der Waals surface area contributed by atoms with E-state index in [4.69, 9.17) is 21.1 Å². The van der Waals surface area contributed by atoms with Crippen LogP contribution < -0.4 is 4.74 Å². The number of halogens is 1. The summed E-state index contributed by atoms with van der Waals surface area (Å²) >= 11 is 6.16. The molecule has 1 N–H and O–H groups in total. The molecular formula is C23H22ClNO5. The normalized spacial score (nSPS) is 22.3. The van der Waals surface area contributed by atoms with Gasteiger partial charge < -0.3 is 19.5 Å². The van der Waals surface area contributed by atoms with Crippen molar-refractivity contribution < 1.29 is 24.2 Å². The van der Waals surface area contributed by atoms with Crippen LogP contribution in [-0.2, 0) is 20.7 Å². The molecule has 156 valence electrons. The maximum absolute atomic E-state index is 12.9. The first-order valence-electron chi connectivity index (χ1n) is 9.73. The molecule has 2 heterocycles. The van der Waals surface area contributed by atoms with Crippen LogP contribution in [0, 0.1) is 0 Å². The summed E-state index contributed by atoms with van der Waals surface area (Å²) < 4.78 is 10.8. The highest BCUT2D eigenvalue weighted by molar-refractivity contribution is 6.46. The zero-order valence-electron chi connectivity index (χ0n) is 16.7. The summed E-state index contributed by atoms with van der Waals surface area (Å²) in [6.07, 6.45) is 0.777. The number of hydrogen-bond donors (Lipinski definition) is 1. The third-order valence-corrected chi connectivity index (χ3v) is 5.65. The minimum absolute atomic E-state index is 0.0466. The zero-order valence-corrected chi connectivity index (χ0v) is 17.5. The Morgan fingerprint density at radius 2 is 2.07 bits per heavy atom. The van der Waals surface area contributed by atoms with Crippen LogP contribution in [0.3, 0.4) is 0 Å². The second kappa shape index (κ2) is 8.13. The molecule has 7 heteroatoms. The van der Waals surface area contributed by atoms with Crippen LogP contribution in [0.4, 0.5) is 0 Å². The zero-order chi connectivity index (χ0) is 21.4. The molecule has 30 heavy (non-hydrogen) atoms. The molecule has 1 saturated heterocycles. The number of ether oxygens (including phenoxy) is 2. The molecule has 2 aromatic rings. The van der Waals surface area contributed by atoms with Crippen molar-refractivity contribution in [2.75, 3.05) is 20.3 Å². The number of likely N-dealkylation sites (tertiary alicyclic amines) is 1. The molecule has 0 aliphatic carbocycles. The standard InChI is InChI=1S/C23H22ClNO5/c1-13-10-16-11-15(6-7-18(16)30-13)21(26)19-20(14-4-3-5-17(24)12-14)25(8-9-29-2)23(28)22(19)27/h3-7,11-13,20,26H,8-10H2,1-2H3/b21-19-. The quantitative estimate of drug-likeness (QED) is 0.447. The Labute approximate surface area is 179 Å². The maximum atomic E-state index is 12.9. The highest BCUT2D eigenvalue weighted by Gasteiger charge is 2.46. The third kappa shape index (κ3) is 3.57. The van der Waals surface area contributed by atoms with E-state index in [0.29, 0.717) is 16.1 Å². The lowest BCUT2D eigenvalue weighted by molar-refractivity contribution is -0.140. The van der Waals surface area contributed by atoms with Gasteiger partial charge in [0.25, 0.3) is 11.7 Å². The molecule has 2 atom stereocenters. The number of ketones is 1. The van der Waals surface area contributed by atoms with E-state index in [1.54, 1.807) is 36.4 Å².